The van der Waals surface area contributed by atoms with E-state index < -0.39 is 5.82 Å². The van der Waals surface area contributed by atoms with Gasteiger partial charge in [-0.25, -0.2) is 9.18 Å². The Morgan fingerprint density at radius 2 is 1.84 bits per heavy atom. The molecule has 1 saturated heterocycles. The fourth-order valence-corrected chi connectivity index (χ4v) is 6.06. The van der Waals surface area contributed by atoms with Crippen LogP contribution in [0.5, 0.6) is 11.5 Å². The molecule has 2 fully saturated rings. The number of urea groups is 1. The van der Waals surface area contributed by atoms with Gasteiger partial charge in [-0.2, -0.15) is 0 Å². The zero-order chi connectivity index (χ0) is 30.5. The maximum absolute atomic E-state index is 14.9. The Bertz CT molecular complexity index is 1620. The van der Waals surface area contributed by atoms with Crippen LogP contribution >= 0.6 is 11.3 Å². The van der Waals surface area contributed by atoms with Crippen molar-refractivity contribution < 1.29 is 23.5 Å². The molecule has 4 aromatic rings. The number of rotatable bonds is 12. The van der Waals surface area contributed by atoms with Crippen molar-refractivity contribution in [2.45, 2.75) is 32.4 Å². The Balaban J connectivity index is 1.06. The van der Waals surface area contributed by atoms with Crippen LogP contribution in [0.3, 0.4) is 0 Å². The lowest BCUT2D eigenvalue weighted by atomic mass is 10.2. The van der Waals surface area contributed by atoms with Crippen LogP contribution in [0.2, 0.25) is 0 Å². The van der Waals surface area contributed by atoms with E-state index >= 15 is 0 Å². The summed E-state index contributed by atoms with van der Waals surface area (Å²) < 4.78 is 26.9. The minimum Gasteiger partial charge on any atom is -0.453 e. The van der Waals surface area contributed by atoms with E-state index in [1.54, 1.807) is 18.3 Å². The van der Waals surface area contributed by atoms with Crippen molar-refractivity contribution in [3.8, 4) is 22.1 Å². The molecule has 1 aromatic carbocycles. The number of halogens is 1. The normalized spacial score (nSPS) is 15.8. The summed E-state index contributed by atoms with van der Waals surface area (Å²) in [6, 6.07) is 12.0. The van der Waals surface area contributed by atoms with Gasteiger partial charge in [-0.15, -0.1) is 11.3 Å². The van der Waals surface area contributed by atoms with Crippen LogP contribution < -0.4 is 15.4 Å². The predicted octanol–water partition coefficient (Wildman–Crippen LogP) is 5.30. The van der Waals surface area contributed by atoms with Gasteiger partial charge in [-0.3, -0.25) is 24.6 Å². The molecule has 2 amide bonds. The van der Waals surface area contributed by atoms with Crippen molar-refractivity contribution in [2.75, 3.05) is 51.3 Å². The lowest BCUT2D eigenvalue weighted by Gasteiger charge is -2.34. The molecule has 12 heteroatoms. The monoisotopic (exact) mass is 618 g/mol. The van der Waals surface area contributed by atoms with Crippen molar-refractivity contribution >= 4 is 39.1 Å². The van der Waals surface area contributed by atoms with Crippen molar-refractivity contribution in [2.24, 2.45) is 0 Å². The Morgan fingerprint density at radius 1 is 1.02 bits per heavy atom. The number of benzene rings is 1. The molecule has 0 bridgehead atoms. The molecule has 2 N–H and O–H groups in total. The number of fused-ring (bicyclic) bond motifs is 1. The summed E-state index contributed by atoms with van der Waals surface area (Å²) in [6.07, 6.45) is 5.48. The van der Waals surface area contributed by atoms with Gasteiger partial charge in [0.05, 0.1) is 27.3 Å². The second-order valence-electron chi connectivity index (χ2n) is 11.0. The summed E-state index contributed by atoms with van der Waals surface area (Å²) in [5.74, 6) is 0.0957. The largest absolute Gasteiger partial charge is 0.453 e. The molecule has 0 unspecified atom stereocenters. The number of Topliss-reactive ketones (excluding diaryl/α,β-unsaturated/α-hetero) is 1. The Labute approximate surface area is 259 Å². The van der Waals surface area contributed by atoms with Gasteiger partial charge in [-0.05, 0) is 49.6 Å². The van der Waals surface area contributed by atoms with Gasteiger partial charge in [0.2, 0.25) is 0 Å². The zero-order valence-electron chi connectivity index (χ0n) is 24.6. The molecular formula is C32H35FN6O4S. The quantitative estimate of drug-likeness (QED) is 0.220. The fraction of sp³-hybridized carbons (Fsp3) is 0.375. The number of carbonyl (C=O) groups is 2. The molecule has 4 heterocycles. The summed E-state index contributed by atoms with van der Waals surface area (Å²) in [7, 11) is 0. The molecule has 6 rings (SSSR count). The summed E-state index contributed by atoms with van der Waals surface area (Å²) in [6.45, 7) is 7.37. The smallest absolute Gasteiger partial charge is 0.319 e. The molecule has 1 saturated carbocycles. The van der Waals surface area contributed by atoms with E-state index in [0.29, 0.717) is 24.6 Å². The molecule has 3 aromatic heterocycles. The minimum absolute atomic E-state index is 0.0565. The Kier molecular flexibility index (Phi) is 9.41. The second kappa shape index (κ2) is 13.8. The van der Waals surface area contributed by atoms with Crippen molar-refractivity contribution in [3.05, 3.63) is 66.2 Å². The van der Waals surface area contributed by atoms with Gasteiger partial charge in [0.25, 0.3) is 0 Å². The van der Waals surface area contributed by atoms with E-state index in [0.717, 1.165) is 71.9 Å². The lowest BCUT2D eigenvalue weighted by Crippen LogP contribution is -2.47. The van der Waals surface area contributed by atoms with E-state index in [1.807, 2.05) is 25.3 Å². The third-order valence-electron chi connectivity index (χ3n) is 7.51. The molecule has 0 radical (unpaired) electrons. The SMILES string of the molecule is CCOCC(=O)CN1CCN(Cc2ccc(-c3cc4nccc(Oc5ccc(NC(=O)NC6CC6)cc5F)c4s3)nc2)CC1. The van der Waals surface area contributed by atoms with Crippen LogP contribution in [0, 0.1) is 5.82 Å². The Hall–Kier alpha value is -3.97. The number of hydrogen-bond acceptors (Lipinski definition) is 9. The highest BCUT2D eigenvalue weighted by molar-refractivity contribution is 7.22. The molecule has 44 heavy (non-hydrogen) atoms. The predicted molar refractivity (Wildman–Crippen MR) is 168 cm³/mol. The number of piperazine rings is 1. The van der Waals surface area contributed by atoms with Crippen LogP contribution in [-0.2, 0) is 16.1 Å². The maximum atomic E-state index is 14.9. The lowest BCUT2D eigenvalue weighted by molar-refractivity contribution is -0.125. The number of aromatic nitrogens is 2. The van der Waals surface area contributed by atoms with Crippen molar-refractivity contribution in [1.29, 1.82) is 0 Å². The molecule has 2 aliphatic rings. The highest BCUT2D eigenvalue weighted by Gasteiger charge is 2.23. The number of ketones is 1. The molecule has 0 atom stereocenters. The van der Waals surface area contributed by atoms with Crippen LogP contribution in [-0.4, -0.2) is 83.6 Å². The average molecular weight is 619 g/mol. The van der Waals surface area contributed by atoms with Gasteiger partial charge in [0.1, 0.15) is 12.4 Å². The topological polar surface area (TPSA) is 109 Å². The molecule has 230 valence electrons. The summed E-state index contributed by atoms with van der Waals surface area (Å²) in [5, 5.41) is 5.47. The van der Waals surface area contributed by atoms with E-state index in [4.69, 9.17) is 14.5 Å². The highest BCUT2D eigenvalue weighted by Crippen LogP contribution is 2.39. The molecule has 10 nitrogen and oxygen atoms in total. The number of amides is 2. The van der Waals surface area contributed by atoms with Crippen molar-refractivity contribution in [3.63, 3.8) is 0 Å². The fourth-order valence-electron chi connectivity index (χ4n) is 5.02. The van der Waals surface area contributed by atoms with Crippen LogP contribution in [0.1, 0.15) is 25.3 Å². The first-order valence-electron chi connectivity index (χ1n) is 14.9. The third kappa shape index (κ3) is 7.75. The van der Waals surface area contributed by atoms with Gasteiger partial charge in [-0.1, -0.05) is 6.07 Å². The Morgan fingerprint density at radius 3 is 2.57 bits per heavy atom. The van der Waals surface area contributed by atoms with Crippen LogP contribution in [0.25, 0.3) is 20.8 Å². The van der Waals surface area contributed by atoms with Gasteiger partial charge in [0.15, 0.2) is 17.3 Å². The summed E-state index contributed by atoms with van der Waals surface area (Å²) >= 11 is 1.49. The number of nitrogens with one attached hydrogen (secondary N) is 2. The first-order valence-corrected chi connectivity index (χ1v) is 15.7. The summed E-state index contributed by atoms with van der Waals surface area (Å²) in [5.41, 5.74) is 3.04. The zero-order valence-corrected chi connectivity index (χ0v) is 25.4. The standard InChI is InChI=1S/C32H35FN6O4S/c1-2-42-20-24(40)19-39-13-11-38(12-14-39)18-21-3-7-26(35-17-21)30-16-27-31(44-30)29(9-10-34-27)43-28-8-6-23(15-25(28)33)37-32(41)36-22-4-5-22/h3,6-10,15-17,22H,2,4-5,11-14,18-20H2,1H3,(H2,36,37,41). The first kappa shape index (κ1) is 30.1. The van der Waals surface area contributed by atoms with Crippen LogP contribution in [0.15, 0.2) is 54.9 Å². The van der Waals surface area contributed by atoms with Crippen molar-refractivity contribution in [1.82, 2.24) is 25.1 Å². The van der Waals surface area contributed by atoms with Gasteiger partial charge >= 0.3 is 6.03 Å². The average Bonchev–Trinajstić information content (AvgIpc) is 3.72. The van der Waals surface area contributed by atoms with Crippen LogP contribution in [0.4, 0.5) is 14.9 Å². The number of hydrogen-bond donors (Lipinski definition) is 2. The second-order valence-corrected chi connectivity index (χ2v) is 12.1. The molecular weight excluding hydrogens is 583 g/mol. The maximum Gasteiger partial charge on any atom is 0.319 e. The number of thiophene rings is 1. The van der Waals surface area contributed by atoms with E-state index in [1.165, 1.54) is 23.5 Å². The van der Waals surface area contributed by atoms with E-state index in [2.05, 4.69) is 31.5 Å². The minimum atomic E-state index is -0.579. The molecule has 1 aliphatic heterocycles. The highest BCUT2D eigenvalue weighted by atomic mass is 32.1. The van der Waals surface area contributed by atoms with E-state index in [9.17, 15) is 14.0 Å². The number of pyridine rings is 2. The number of ether oxygens (including phenoxy) is 2. The number of anilines is 1. The molecule has 1 aliphatic carbocycles. The number of nitrogens with zero attached hydrogens (tertiary/aromatic N) is 4. The number of carbonyl (C=O) groups excluding carboxylic acids is 2. The molecule has 0 spiro atoms. The summed E-state index contributed by atoms with van der Waals surface area (Å²) in [4.78, 5) is 38.7. The van der Waals surface area contributed by atoms with Gasteiger partial charge in [0, 0.05) is 75.6 Å². The first-order chi connectivity index (χ1) is 21.4. The third-order valence-corrected chi connectivity index (χ3v) is 8.67. The van der Waals surface area contributed by atoms with Gasteiger partial charge < -0.3 is 20.1 Å². The van der Waals surface area contributed by atoms with E-state index in [-0.39, 0.29) is 30.2 Å².